The van der Waals surface area contributed by atoms with Crippen LogP contribution in [0.25, 0.3) is 0 Å². The second-order valence-electron chi connectivity index (χ2n) is 6.96. The van der Waals surface area contributed by atoms with Crippen LogP contribution in [0.2, 0.25) is 0 Å². The maximum absolute atomic E-state index is 12.4. The van der Waals surface area contributed by atoms with Crippen LogP contribution < -0.4 is 15.4 Å². The Balaban J connectivity index is 1.58. The van der Waals surface area contributed by atoms with E-state index in [1.807, 2.05) is 60.3 Å². The molecule has 1 atom stereocenters. The summed E-state index contributed by atoms with van der Waals surface area (Å²) < 4.78 is 7.63. The Morgan fingerprint density at radius 1 is 1.24 bits per heavy atom. The van der Waals surface area contributed by atoms with Crippen LogP contribution in [0.3, 0.4) is 0 Å². The van der Waals surface area contributed by atoms with Crippen molar-refractivity contribution in [3.05, 3.63) is 64.1 Å². The highest BCUT2D eigenvalue weighted by molar-refractivity contribution is 7.10. The third-order valence-corrected chi connectivity index (χ3v) is 5.52. The van der Waals surface area contributed by atoms with Crippen LogP contribution >= 0.6 is 11.3 Å². The van der Waals surface area contributed by atoms with E-state index in [0.29, 0.717) is 13.2 Å². The summed E-state index contributed by atoms with van der Waals surface area (Å²) in [4.78, 5) is 13.6. The van der Waals surface area contributed by atoms with Crippen molar-refractivity contribution < 1.29 is 9.53 Å². The quantitative estimate of drug-likeness (QED) is 0.478. The Morgan fingerprint density at radius 3 is 2.66 bits per heavy atom. The number of thiophene rings is 1. The van der Waals surface area contributed by atoms with Gasteiger partial charge in [-0.15, -0.1) is 11.3 Å². The molecule has 3 aromatic rings. The molecule has 29 heavy (non-hydrogen) atoms. The van der Waals surface area contributed by atoms with E-state index in [4.69, 9.17) is 4.74 Å². The normalized spacial score (nSPS) is 11.8. The van der Waals surface area contributed by atoms with Gasteiger partial charge in [-0.3, -0.25) is 4.68 Å². The molecule has 0 spiro atoms. The molecule has 2 N–H and O–H groups in total. The number of carbonyl (C=O) groups excluding carboxylic acids is 1. The molecule has 0 aliphatic rings. The number of rotatable bonds is 9. The Morgan fingerprint density at radius 2 is 2.03 bits per heavy atom. The minimum Gasteiger partial charge on any atom is -0.494 e. The van der Waals surface area contributed by atoms with Crippen LogP contribution in [0.4, 0.5) is 10.5 Å². The number of nitrogens with one attached hydrogen (secondary N) is 2. The third-order valence-electron chi connectivity index (χ3n) is 4.55. The topological polar surface area (TPSA) is 68.2 Å². The molecule has 0 saturated carbocycles. The molecule has 2 amide bonds. The maximum atomic E-state index is 12.4. The van der Waals surface area contributed by atoms with Gasteiger partial charge in [0.1, 0.15) is 11.8 Å². The summed E-state index contributed by atoms with van der Waals surface area (Å²) in [6, 6.07) is 13.3. The number of urea groups is 1. The number of hydrogen-bond acceptors (Lipinski definition) is 4. The van der Waals surface area contributed by atoms with Crippen molar-refractivity contribution in [1.82, 2.24) is 15.1 Å². The van der Waals surface area contributed by atoms with Gasteiger partial charge in [-0.05, 0) is 62.0 Å². The number of ether oxygens (including phenoxy) is 1. The molecule has 0 saturated heterocycles. The van der Waals surface area contributed by atoms with Gasteiger partial charge >= 0.3 is 6.03 Å². The second kappa shape index (κ2) is 10.1. The highest BCUT2D eigenvalue weighted by atomic mass is 32.1. The van der Waals surface area contributed by atoms with Gasteiger partial charge in [0.2, 0.25) is 0 Å². The van der Waals surface area contributed by atoms with Gasteiger partial charge in [-0.25, -0.2) is 4.79 Å². The van der Waals surface area contributed by atoms with Crippen molar-refractivity contribution >= 4 is 23.1 Å². The van der Waals surface area contributed by atoms with Crippen LogP contribution in [-0.2, 0) is 0 Å². The van der Waals surface area contributed by atoms with Crippen LogP contribution in [-0.4, -0.2) is 29.0 Å². The SMILES string of the molecule is CCCCOc1ccc(NC(=O)NCC(c2cccs2)n2nc(C)cc2C)cc1. The van der Waals surface area contributed by atoms with Gasteiger partial charge in [0.05, 0.1) is 12.3 Å². The number of aryl methyl sites for hydroxylation is 2. The number of benzene rings is 1. The summed E-state index contributed by atoms with van der Waals surface area (Å²) in [7, 11) is 0. The fourth-order valence-electron chi connectivity index (χ4n) is 3.08. The van der Waals surface area contributed by atoms with Crippen molar-refractivity contribution in [3.63, 3.8) is 0 Å². The zero-order valence-electron chi connectivity index (χ0n) is 17.1. The number of carbonyl (C=O) groups is 1. The van der Waals surface area contributed by atoms with Crippen LogP contribution in [0, 0.1) is 13.8 Å². The van der Waals surface area contributed by atoms with Gasteiger partial charge < -0.3 is 15.4 Å². The molecule has 0 bridgehead atoms. The van der Waals surface area contributed by atoms with Crippen LogP contribution in [0.1, 0.15) is 42.1 Å². The molecular weight excluding hydrogens is 384 g/mol. The van der Waals surface area contributed by atoms with Gasteiger partial charge in [0.15, 0.2) is 0 Å². The predicted molar refractivity (Wildman–Crippen MR) is 118 cm³/mol. The lowest BCUT2D eigenvalue weighted by molar-refractivity contribution is 0.250. The molecule has 1 unspecified atom stereocenters. The van der Waals surface area contributed by atoms with E-state index in [2.05, 4.69) is 28.7 Å². The average molecular weight is 413 g/mol. The molecule has 3 rings (SSSR count). The average Bonchev–Trinajstić information content (AvgIpc) is 3.34. The number of hydrogen-bond donors (Lipinski definition) is 2. The van der Waals surface area contributed by atoms with Crippen molar-refractivity contribution in [1.29, 1.82) is 0 Å². The van der Waals surface area contributed by atoms with Gasteiger partial charge in [0.25, 0.3) is 0 Å². The minimum absolute atomic E-state index is 0.0382. The van der Waals surface area contributed by atoms with E-state index in [0.717, 1.165) is 40.5 Å². The first-order chi connectivity index (χ1) is 14.1. The Kier molecular flexibility index (Phi) is 7.30. The first kappa shape index (κ1) is 20.9. The number of aromatic nitrogens is 2. The Labute approximate surface area is 175 Å². The van der Waals surface area contributed by atoms with Gasteiger partial charge in [0, 0.05) is 22.8 Å². The largest absolute Gasteiger partial charge is 0.494 e. The monoisotopic (exact) mass is 412 g/mol. The number of unbranched alkanes of at least 4 members (excludes halogenated alkanes) is 1. The molecule has 2 heterocycles. The van der Waals surface area contributed by atoms with Crippen LogP contribution in [0.15, 0.2) is 47.8 Å². The molecule has 0 radical (unpaired) electrons. The highest BCUT2D eigenvalue weighted by Crippen LogP contribution is 2.24. The minimum atomic E-state index is -0.243. The van der Waals surface area contributed by atoms with E-state index in [1.165, 1.54) is 0 Å². The number of anilines is 1. The predicted octanol–water partition coefficient (Wildman–Crippen LogP) is 5.15. The first-order valence-electron chi connectivity index (χ1n) is 9.90. The molecule has 2 aromatic heterocycles. The standard InChI is InChI=1S/C22H28N4O2S/c1-4-5-12-28-19-10-8-18(9-11-19)24-22(27)23-15-20(21-7-6-13-29-21)26-17(3)14-16(2)25-26/h6-11,13-14,20H,4-5,12,15H2,1-3H3,(H2,23,24,27). The lowest BCUT2D eigenvalue weighted by atomic mass is 10.2. The van der Waals surface area contributed by atoms with E-state index >= 15 is 0 Å². The Hall–Kier alpha value is -2.80. The van der Waals surface area contributed by atoms with Crippen molar-refractivity contribution in [2.24, 2.45) is 0 Å². The summed E-state index contributed by atoms with van der Waals surface area (Å²) >= 11 is 1.66. The first-order valence-corrected chi connectivity index (χ1v) is 10.8. The third kappa shape index (κ3) is 5.84. The van der Waals surface area contributed by atoms with Gasteiger partial charge in [-0.1, -0.05) is 19.4 Å². The van der Waals surface area contributed by atoms with Crippen LogP contribution in [0.5, 0.6) is 5.75 Å². The number of amides is 2. The lowest BCUT2D eigenvalue weighted by Gasteiger charge is -2.19. The summed E-state index contributed by atoms with van der Waals surface area (Å²) in [5, 5.41) is 12.5. The Bertz CT molecular complexity index is 904. The van der Waals surface area contributed by atoms with Crippen molar-refractivity contribution in [2.75, 3.05) is 18.5 Å². The molecule has 0 aliphatic carbocycles. The summed E-state index contributed by atoms with van der Waals surface area (Å²) in [5.74, 6) is 0.812. The maximum Gasteiger partial charge on any atom is 0.319 e. The fourth-order valence-corrected chi connectivity index (χ4v) is 3.90. The smallest absolute Gasteiger partial charge is 0.319 e. The fraction of sp³-hybridized carbons (Fsp3) is 0.364. The van der Waals surface area contributed by atoms with E-state index in [9.17, 15) is 4.79 Å². The summed E-state index contributed by atoms with van der Waals surface area (Å²) in [6.07, 6.45) is 2.13. The summed E-state index contributed by atoms with van der Waals surface area (Å²) in [6.45, 7) is 7.30. The van der Waals surface area contributed by atoms with E-state index in [-0.39, 0.29) is 12.1 Å². The van der Waals surface area contributed by atoms with E-state index < -0.39 is 0 Å². The molecule has 6 nitrogen and oxygen atoms in total. The molecular formula is C22H28N4O2S. The summed E-state index contributed by atoms with van der Waals surface area (Å²) in [5.41, 5.74) is 2.76. The van der Waals surface area contributed by atoms with Crippen molar-refractivity contribution in [2.45, 2.75) is 39.7 Å². The second-order valence-corrected chi connectivity index (χ2v) is 7.94. The zero-order chi connectivity index (χ0) is 20.6. The highest BCUT2D eigenvalue weighted by Gasteiger charge is 2.19. The van der Waals surface area contributed by atoms with Crippen molar-refractivity contribution in [3.8, 4) is 5.75 Å². The van der Waals surface area contributed by atoms with Gasteiger partial charge in [-0.2, -0.15) is 5.10 Å². The molecule has 7 heteroatoms. The lowest BCUT2D eigenvalue weighted by Crippen LogP contribution is -2.34. The number of nitrogens with zero attached hydrogens (tertiary/aromatic N) is 2. The molecule has 0 aliphatic heterocycles. The zero-order valence-corrected chi connectivity index (χ0v) is 18.0. The van der Waals surface area contributed by atoms with E-state index in [1.54, 1.807) is 11.3 Å². The molecule has 154 valence electrons. The molecule has 0 fully saturated rings. The molecule has 1 aromatic carbocycles.